The summed E-state index contributed by atoms with van der Waals surface area (Å²) in [5.41, 5.74) is 0. The maximum Gasteiger partial charge on any atom is 0.0161 e. The van der Waals surface area contributed by atoms with E-state index in [1.807, 2.05) is 6.08 Å². The third-order valence-corrected chi connectivity index (χ3v) is 2.61. The summed E-state index contributed by atoms with van der Waals surface area (Å²) >= 11 is 3.46. The molecule has 0 aliphatic carbocycles. The van der Waals surface area contributed by atoms with Crippen molar-refractivity contribution in [2.75, 3.05) is 44.6 Å². The molecule has 0 amide bonds. The van der Waals surface area contributed by atoms with Crippen LogP contribution in [-0.2, 0) is 0 Å². The Labute approximate surface area is 83.4 Å². The first kappa shape index (κ1) is 10.2. The molecule has 0 aromatic rings. The zero-order valence-electron chi connectivity index (χ0n) is 7.51. The molecule has 12 heavy (non-hydrogen) atoms. The minimum absolute atomic E-state index is 1.04. The molecule has 0 bridgehead atoms. The van der Waals surface area contributed by atoms with Crippen LogP contribution < -0.4 is 0 Å². The molecule has 1 aliphatic heterocycles. The highest BCUT2D eigenvalue weighted by atomic mass is 79.9. The monoisotopic (exact) mass is 232 g/mol. The minimum atomic E-state index is 1.04. The van der Waals surface area contributed by atoms with Gasteiger partial charge >= 0.3 is 0 Å². The Kier molecular flexibility index (Phi) is 4.88. The largest absolute Gasteiger partial charge is 0.300 e. The first-order valence-electron chi connectivity index (χ1n) is 4.48. The average Bonchev–Trinajstić information content (AvgIpc) is 2.09. The molecule has 1 rings (SSSR count). The second-order valence-corrected chi connectivity index (χ2v) is 3.91. The van der Waals surface area contributed by atoms with Crippen molar-refractivity contribution in [2.45, 2.75) is 0 Å². The quantitative estimate of drug-likeness (QED) is 0.531. The molecule has 1 fully saturated rings. The smallest absolute Gasteiger partial charge is 0.0161 e. The normalized spacial score (nSPS) is 21.1. The van der Waals surface area contributed by atoms with Crippen LogP contribution >= 0.6 is 15.9 Å². The predicted molar refractivity (Wildman–Crippen MR) is 56.9 cm³/mol. The lowest BCUT2D eigenvalue weighted by molar-refractivity contribution is 0.149. The highest BCUT2D eigenvalue weighted by Gasteiger charge is 2.14. The Morgan fingerprint density at radius 1 is 1.17 bits per heavy atom. The molecule has 0 aromatic carbocycles. The molecule has 1 aliphatic rings. The van der Waals surface area contributed by atoms with Crippen molar-refractivity contribution in [3.63, 3.8) is 0 Å². The molecule has 70 valence electrons. The summed E-state index contributed by atoms with van der Waals surface area (Å²) in [4.78, 5) is 4.94. The van der Waals surface area contributed by atoms with Gasteiger partial charge in [-0.15, -0.1) is 6.58 Å². The average molecular weight is 233 g/mol. The third kappa shape index (κ3) is 3.25. The SMILES string of the molecule is C=CCN1CCN(CCBr)CC1. The van der Waals surface area contributed by atoms with E-state index in [9.17, 15) is 0 Å². The number of piperazine rings is 1. The summed E-state index contributed by atoms with van der Waals surface area (Å²) in [6.07, 6.45) is 1.99. The van der Waals surface area contributed by atoms with Crippen molar-refractivity contribution in [3.05, 3.63) is 12.7 Å². The Balaban J connectivity index is 2.15. The standard InChI is InChI=1S/C9H17BrN2/c1-2-4-11-6-8-12(5-3-10)9-7-11/h2H,1,3-9H2. The van der Waals surface area contributed by atoms with E-state index < -0.39 is 0 Å². The number of alkyl halides is 1. The van der Waals surface area contributed by atoms with Gasteiger partial charge in [0.1, 0.15) is 0 Å². The zero-order valence-corrected chi connectivity index (χ0v) is 9.09. The van der Waals surface area contributed by atoms with Gasteiger partial charge < -0.3 is 0 Å². The van der Waals surface area contributed by atoms with E-state index >= 15 is 0 Å². The van der Waals surface area contributed by atoms with Gasteiger partial charge in [0.2, 0.25) is 0 Å². The lowest BCUT2D eigenvalue weighted by Crippen LogP contribution is -2.46. The molecule has 3 heteroatoms. The summed E-state index contributed by atoms with van der Waals surface area (Å²) in [6.45, 7) is 10.8. The Bertz CT molecular complexity index is 130. The topological polar surface area (TPSA) is 6.48 Å². The molecular weight excluding hydrogens is 216 g/mol. The van der Waals surface area contributed by atoms with E-state index in [4.69, 9.17) is 0 Å². The van der Waals surface area contributed by atoms with Crippen LogP contribution in [0.1, 0.15) is 0 Å². The maximum absolute atomic E-state index is 3.75. The fourth-order valence-corrected chi connectivity index (χ4v) is 2.00. The molecular formula is C9H17BrN2. The van der Waals surface area contributed by atoms with Crippen LogP contribution in [0, 0.1) is 0 Å². The molecule has 0 unspecified atom stereocenters. The Morgan fingerprint density at radius 3 is 2.25 bits per heavy atom. The van der Waals surface area contributed by atoms with E-state index in [-0.39, 0.29) is 0 Å². The molecule has 2 nitrogen and oxygen atoms in total. The second kappa shape index (κ2) is 5.73. The second-order valence-electron chi connectivity index (χ2n) is 3.12. The van der Waals surface area contributed by atoms with Gasteiger partial charge in [0.25, 0.3) is 0 Å². The first-order chi connectivity index (χ1) is 5.86. The minimum Gasteiger partial charge on any atom is -0.300 e. The van der Waals surface area contributed by atoms with Crippen LogP contribution in [0.15, 0.2) is 12.7 Å². The van der Waals surface area contributed by atoms with Crippen molar-refractivity contribution in [1.82, 2.24) is 9.80 Å². The number of halogens is 1. The highest BCUT2D eigenvalue weighted by Crippen LogP contribution is 2.01. The van der Waals surface area contributed by atoms with Gasteiger partial charge in [-0.2, -0.15) is 0 Å². The first-order valence-corrected chi connectivity index (χ1v) is 5.60. The van der Waals surface area contributed by atoms with E-state index in [1.54, 1.807) is 0 Å². The van der Waals surface area contributed by atoms with E-state index in [0.29, 0.717) is 0 Å². The fourth-order valence-electron chi connectivity index (χ4n) is 1.50. The van der Waals surface area contributed by atoms with Crippen LogP contribution in [0.25, 0.3) is 0 Å². The molecule has 0 atom stereocenters. The molecule has 1 saturated heterocycles. The van der Waals surface area contributed by atoms with E-state index in [1.165, 1.54) is 32.7 Å². The van der Waals surface area contributed by atoms with Crippen molar-refractivity contribution in [2.24, 2.45) is 0 Å². The van der Waals surface area contributed by atoms with Crippen molar-refractivity contribution < 1.29 is 0 Å². The molecule has 0 radical (unpaired) electrons. The van der Waals surface area contributed by atoms with Crippen LogP contribution in [0.5, 0.6) is 0 Å². The summed E-state index contributed by atoms with van der Waals surface area (Å²) in [5.74, 6) is 0. The van der Waals surface area contributed by atoms with Crippen molar-refractivity contribution >= 4 is 15.9 Å². The fraction of sp³-hybridized carbons (Fsp3) is 0.778. The molecule has 0 N–H and O–H groups in total. The van der Waals surface area contributed by atoms with Gasteiger partial charge in [-0.3, -0.25) is 9.80 Å². The van der Waals surface area contributed by atoms with Crippen LogP contribution in [0.3, 0.4) is 0 Å². The lowest BCUT2D eigenvalue weighted by atomic mass is 10.3. The number of nitrogens with zero attached hydrogens (tertiary/aromatic N) is 2. The van der Waals surface area contributed by atoms with E-state index in [2.05, 4.69) is 32.3 Å². The summed E-state index contributed by atoms with van der Waals surface area (Å²) < 4.78 is 0. The molecule has 0 saturated carbocycles. The molecule has 1 heterocycles. The third-order valence-electron chi connectivity index (χ3n) is 2.25. The molecule has 0 aromatic heterocycles. The lowest BCUT2D eigenvalue weighted by Gasteiger charge is -2.33. The van der Waals surface area contributed by atoms with Gasteiger partial charge in [0, 0.05) is 44.6 Å². The number of hydrogen-bond donors (Lipinski definition) is 0. The van der Waals surface area contributed by atoms with Crippen molar-refractivity contribution in [1.29, 1.82) is 0 Å². The Hall–Kier alpha value is 0.140. The maximum atomic E-state index is 3.75. The Morgan fingerprint density at radius 2 is 1.75 bits per heavy atom. The zero-order chi connectivity index (χ0) is 8.81. The van der Waals surface area contributed by atoms with Crippen LogP contribution in [0.2, 0.25) is 0 Å². The summed E-state index contributed by atoms with van der Waals surface area (Å²) in [5, 5.41) is 1.09. The molecule has 0 spiro atoms. The van der Waals surface area contributed by atoms with E-state index in [0.717, 1.165) is 11.9 Å². The summed E-state index contributed by atoms with van der Waals surface area (Å²) in [7, 11) is 0. The van der Waals surface area contributed by atoms with Crippen LogP contribution in [0.4, 0.5) is 0 Å². The van der Waals surface area contributed by atoms with Gasteiger partial charge in [-0.1, -0.05) is 22.0 Å². The van der Waals surface area contributed by atoms with Gasteiger partial charge in [-0.05, 0) is 0 Å². The van der Waals surface area contributed by atoms with Gasteiger partial charge in [0.05, 0.1) is 0 Å². The predicted octanol–water partition coefficient (Wildman–Crippen LogP) is 1.18. The highest BCUT2D eigenvalue weighted by molar-refractivity contribution is 9.09. The van der Waals surface area contributed by atoms with Gasteiger partial charge in [0.15, 0.2) is 0 Å². The summed E-state index contributed by atoms with van der Waals surface area (Å²) in [6, 6.07) is 0. The van der Waals surface area contributed by atoms with Gasteiger partial charge in [-0.25, -0.2) is 0 Å². The number of rotatable bonds is 4. The number of hydrogen-bond acceptors (Lipinski definition) is 2. The van der Waals surface area contributed by atoms with Crippen molar-refractivity contribution in [3.8, 4) is 0 Å². The van der Waals surface area contributed by atoms with Crippen LogP contribution in [-0.4, -0.2) is 54.4 Å².